The van der Waals surface area contributed by atoms with Gasteiger partial charge in [0, 0.05) is 17.6 Å². The van der Waals surface area contributed by atoms with Gasteiger partial charge in [0.15, 0.2) is 4.47 Å². The Morgan fingerprint density at radius 3 is 2.88 bits per heavy atom. The molecule has 0 spiro atoms. The Labute approximate surface area is 112 Å². The Morgan fingerprint density at radius 2 is 2.29 bits per heavy atom. The van der Waals surface area contributed by atoms with Gasteiger partial charge in [-0.3, -0.25) is 4.90 Å². The molecule has 1 saturated heterocycles. The van der Waals surface area contributed by atoms with Gasteiger partial charge in [-0.15, -0.1) is 11.3 Å². The first-order chi connectivity index (χ1) is 8.28. The molecule has 0 atom stereocenters. The molecule has 1 N–H and O–H groups in total. The lowest BCUT2D eigenvalue weighted by Crippen LogP contribution is -2.36. The van der Waals surface area contributed by atoms with Crippen molar-refractivity contribution >= 4 is 22.9 Å². The number of hydrogen-bond donors (Lipinski definition) is 1. The molecule has 5 heteroatoms. The van der Waals surface area contributed by atoms with Crippen molar-refractivity contribution in [3.05, 3.63) is 15.5 Å². The zero-order valence-electron chi connectivity index (χ0n) is 10.3. The number of likely N-dealkylation sites (tertiary alicyclic amines) is 1. The Balaban J connectivity index is 1.72. The molecule has 0 radical (unpaired) electrons. The average molecular weight is 274 g/mol. The molecular formula is C12H20ClN3S. The van der Waals surface area contributed by atoms with E-state index in [1.807, 2.05) is 6.20 Å². The van der Waals surface area contributed by atoms with Crippen molar-refractivity contribution in [2.45, 2.75) is 26.3 Å². The highest BCUT2D eigenvalue weighted by atomic mass is 35.5. The predicted octanol–water partition coefficient (Wildman–Crippen LogP) is 2.62. The summed E-state index contributed by atoms with van der Waals surface area (Å²) in [4.78, 5) is 7.87. The van der Waals surface area contributed by atoms with E-state index in [9.17, 15) is 0 Å². The van der Waals surface area contributed by atoms with Gasteiger partial charge in [-0.2, -0.15) is 0 Å². The Kier molecular flexibility index (Phi) is 5.22. The van der Waals surface area contributed by atoms with E-state index in [0.29, 0.717) is 4.47 Å². The van der Waals surface area contributed by atoms with Gasteiger partial charge in [0.25, 0.3) is 0 Å². The second kappa shape index (κ2) is 6.69. The fourth-order valence-electron chi connectivity index (χ4n) is 2.27. The number of aromatic nitrogens is 1. The first-order valence-corrected chi connectivity index (χ1v) is 7.50. The van der Waals surface area contributed by atoms with Gasteiger partial charge in [0.2, 0.25) is 0 Å². The second-order valence-corrected chi connectivity index (χ2v) is 6.30. The fourth-order valence-corrected chi connectivity index (χ4v) is 3.29. The molecule has 1 aliphatic rings. The van der Waals surface area contributed by atoms with Crippen LogP contribution in [0.15, 0.2) is 6.20 Å². The lowest BCUT2D eigenvalue weighted by atomic mass is 9.97. The van der Waals surface area contributed by atoms with Gasteiger partial charge >= 0.3 is 0 Å². The highest BCUT2D eigenvalue weighted by molar-refractivity contribution is 7.15. The summed E-state index contributed by atoms with van der Waals surface area (Å²) in [5.41, 5.74) is 0. The molecule has 2 heterocycles. The van der Waals surface area contributed by atoms with Gasteiger partial charge in [-0.25, -0.2) is 4.98 Å². The summed E-state index contributed by atoms with van der Waals surface area (Å²) in [6.07, 6.45) is 4.51. The van der Waals surface area contributed by atoms with Gasteiger partial charge < -0.3 is 5.32 Å². The lowest BCUT2D eigenvalue weighted by Gasteiger charge is -2.31. The SMILES string of the molecule is CCNCC1CCN(Cc2cnc(Cl)s2)CC1. The van der Waals surface area contributed by atoms with Gasteiger partial charge in [0.1, 0.15) is 0 Å². The van der Waals surface area contributed by atoms with E-state index in [2.05, 4.69) is 22.1 Å². The van der Waals surface area contributed by atoms with Crippen LogP contribution in [0.4, 0.5) is 0 Å². The van der Waals surface area contributed by atoms with E-state index in [1.165, 1.54) is 37.4 Å². The Hall–Kier alpha value is -0.160. The number of thiazole rings is 1. The minimum Gasteiger partial charge on any atom is -0.317 e. The van der Waals surface area contributed by atoms with E-state index < -0.39 is 0 Å². The molecule has 1 aliphatic heterocycles. The number of nitrogens with one attached hydrogen (secondary N) is 1. The molecule has 1 aromatic rings. The zero-order chi connectivity index (χ0) is 12.1. The summed E-state index contributed by atoms with van der Waals surface area (Å²) in [5.74, 6) is 0.858. The normalized spacial score (nSPS) is 18.7. The van der Waals surface area contributed by atoms with Crippen molar-refractivity contribution < 1.29 is 0 Å². The van der Waals surface area contributed by atoms with Crippen LogP contribution in [0.1, 0.15) is 24.6 Å². The van der Waals surface area contributed by atoms with E-state index in [0.717, 1.165) is 19.0 Å². The molecule has 3 nitrogen and oxygen atoms in total. The highest BCUT2D eigenvalue weighted by Crippen LogP contribution is 2.22. The van der Waals surface area contributed by atoms with Crippen LogP contribution in [-0.2, 0) is 6.54 Å². The third kappa shape index (κ3) is 4.21. The maximum atomic E-state index is 5.84. The lowest BCUT2D eigenvalue weighted by molar-refractivity contribution is 0.177. The van der Waals surface area contributed by atoms with Crippen LogP contribution >= 0.6 is 22.9 Å². The molecule has 1 aromatic heterocycles. The Bertz CT molecular complexity index is 334. The van der Waals surface area contributed by atoms with Crippen LogP contribution in [0.2, 0.25) is 4.47 Å². The predicted molar refractivity (Wildman–Crippen MR) is 73.7 cm³/mol. The van der Waals surface area contributed by atoms with Gasteiger partial charge in [0.05, 0.1) is 0 Å². The quantitative estimate of drug-likeness (QED) is 0.894. The smallest absolute Gasteiger partial charge is 0.183 e. The molecule has 96 valence electrons. The molecule has 0 unspecified atom stereocenters. The van der Waals surface area contributed by atoms with Gasteiger partial charge in [-0.1, -0.05) is 18.5 Å². The minimum absolute atomic E-state index is 0.655. The number of hydrogen-bond acceptors (Lipinski definition) is 4. The monoisotopic (exact) mass is 273 g/mol. The summed E-state index contributed by atoms with van der Waals surface area (Å²) in [7, 11) is 0. The van der Waals surface area contributed by atoms with Crippen LogP contribution < -0.4 is 5.32 Å². The maximum Gasteiger partial charge on any atom is 0.183 e. The number of piperidine rings is 1. The van der Waals surface area contributed by atoms with Crippen molar-refractivity contribution in [1.82, 2.24) is 15.2 Å². The molecule has 17 heavy (non-hydrogen) atoms. The van der Waals surface area contributed by atoms with E-state index in [1.54, 1.807) is 11.3 Å². The standard InChI is InChI=1S/C12H20ClN3S/c1-2-14-7-10-3-5-16(6-4-10)9-11-8-15-12(13)17-11/h8,10,14H,2-7,9H2,1H3. The second-order valence-electron chi connectivity index (χ2n) is 4.61. The van der Waals surface area contributed by atoms with E-state index in [4.69, 9.17) is 11.6 Å². The number of nitrogens with zero attached hydrogens (tertiary/aromatic N) is 2. The van der Waals surface area contributed by atoms with E-state index in [-0.39, 0.29) is 0 Å². The van der Waals surface area contributed by atoms with Crippen molar-refractivity contribution in [2.75, 3.05) is 26.2 Å². The summed E-state index contributed by atoms with van der Waals surface area (Å²) in [6, 6.07) is 0. The summed E-state index contributed by atoms with van der Waals surface area (Å²) < 4.78 is 0.655. The largest absolute Gasteiger partial charge is 0.317 e. The first kappa shape index (κ1) is 13.3. The number of halogens is 1. The maximum absolute atomic E-state index is 5.84. The molecule has 0 amide bonds. The molecular weight excluding hydrogens is 254 g/mol. The van der Waals surface area contributed by atoms with Crippen molar-refractivity contribution in [1.29, 1.82) is 0 Å². The minimum atomic E-state index is 0.655. The molecule has 0 aliphatic carbocycles. The molecule has 2 rings (SSSR count). The third-order valence-electron chi connectivity index (χ3n) is 3.29. The van der Waals surface area contributed by atoms with Crippen molar-refractivity contribution in [3.8, 4) is 0 Å². The van der Waals surface area contributed by atoms with Crippen LogP contribution in [-0.4, -0.2) is 36.1 Å². The van der Waals surface area contributed by atoms with Crippen LogP contribution in [0, 0.1) is 5.92 Å². The molecule has 0 aromatic carbocycles. The van der Waals surface area contributed by atoms with Crippen LogP contribution in [0.3, 0.4) is 0 Å². The zero-order valence-corrected chi connectivity index (χ0v) is 11.9. The summed E-state index contributed by atoms with van der Waals surface area (Å²) >= 11 is 7.44. The first-order valence-electron chi connectivity index (χ1n) is 6.31. The molecule has 0 bridgehead atoms. The molecule has 0 saturated carbocycles. The van der Waals surface area contributed by atoms with Crippen molar-refractivity contribution in [2.24, 2.45) is 5.92 Å². The fraction of sp³-hybridized carbons (Fsp3) is 0.750. The summed E-state index contributed by atoms with van der Waals surface area (Å²) in [6.45, 7) is 7.84. The van der Waals surface area contributed by atoms with Crippen LogP contribution in [0.5, 0.6) is 0 Å². The summed E-state index contributed by atoms with van der Waals surface area (Å²) in [5, 5.41) is 3.44. The highest BCUT2D eigenvalue weighted by Gasteiger charge is 2.19. The van der Waals surface area contributed by atoms with Crippen LogP contribution in [0.25, 0.3) is 0 Å². The van der Waals surface area contributed by atoms with Gasteiger partial charge in [-0.05, 0) is 44.9 Å². The molecule has 1 fully saturated rings. The van der Waals surface area contributed by atoms with Crippen molar-refractivity contribution in [3.63, 3.8) is 0 Å². The topological polar surface area (TPSA) is 28.2 Å². The Morgan fingerprint density at radius 1 is 1.53 bits per heavy atom. The third-order valence-corrected chi connectivity index (χ3v) is 4.39. The average Bonchev–Trinajstić information content (AvgIpc) is 2.74. The van der Waals surface area contributed by atoms with E-state index >= 15 is 0 Å². The number of rotatable bonds is 5.